The summed E-state index contributed by atoms with van der Waals surface area (Å²) in [5.74, 6) is -1.42. The number of hydrogen-bond donors (Lipinski definition) is 1. The van der Waals surface area contributed by atoms with E-state index in [2.05, 4.69) is 4.72 Å². The van der Waals surface area contributed by atoms with Crippen molar-refractivity contribution >= 4 is 21.7 Å². The maximum absolute atomic E-state index is 12.3. The van der Waals surface area contributed by atoms with Gasteiger partial charge in [-0.2, -0.15) is 0 Å². The smallest absolute Gasteiger partial charge is 0.261 e. The van der Waals surface area contributed by atoms with E-state index in [-0.39, 0.29) is 10.5 Å². The first-order chi connectivity index (χ1) is 9.81. The molecular formula is C15H14NO4S-. The van der Waals surface area contributed by atoms with Crippen molar-refractivity contribution in [1.29, 1.82) is 0 Å². The molecule has 21 heavy (non-hydrogen) atoms. The third-order valence-electron chi connectivity index (χ3n) is 3.23. The molecule has 0 fully saturated rings. The highest BCUT2D eigenvalue weighted by atomic mass is 32.2. The zero-order chi connectivity index (χ0) is 15.6. The molecule has 0 unspecified atom stereocenters. The molecule has 0 spiro atoms. The van der Waals surface area contributed by atoms with E-state index in [1.54, 1.807) is 12.1 Å². The van der Waals surface area contributed by atoms with Gasteiger partial charge in [0.05, 0.1) is 16.6 Å². The molecule has 5 nitrogen and oxygen atoms in total. The Kier molecular flexibility index (Phi) is 3.99. The fourth-order valence-corrected chi connectivity index (χ4v) is 3.02. The number of carboxylic acid groups (broad SMARTS) is 1. The van der Waals surface area contributed by atoms with E-state index < -0.39 is 16.0 Å². The maximum atomic E-state index is 12.3. The van der Waals surface area contributed by atoms with Crippen LogP contribution in [0.4, 0.5) is 5.69 Å². The number of carbonyl (C=O) groups is 1. The molecular weight excluding hydrogens is 290 g/mol. The third kappa shape index (κ3) is 3.22. The lowest BCUT2D eigenvalue weighted by Gasteiger charge is -2.13. The number of carboxylic acids is 1. The molecule has 0 aliphatic rings. The standard InChI is InChI=1S/C15H15NO4S/c1-10-5-3-8-14(11(10)2)16-21(19,20)13-7-4-6-12(9-13)15(17)18/h3-9,16H,1-2H3,(H,17,18)/p-1. The molecule has 0 radical (unpaired) electrons. The van der Waals surface area contributed by atoms with Gasteiger partial charge in [0, 0.05) is 0 Å². The van der Waals surface area contributed by atoms with Crippen LogP contribution in [0.2, 0.25) is 0 Å². The van der Waals surface area contributed by atoms with Gasteiger partial charge >= 0.3 is 0 Å². The van der Waals surface area contributed by atoms with Crippen molar-refractivity contribution in [1.82, 2.24) is 0 Å². The quantitative estimate of drug-likeness (QED) is 0.926. The summed E-state index contributed by atoms with van der Waals surface area (Å²) in [7, 11) is -3.85. The van der Waals surface area contributed by atoms with Crippen molar-refractivity contribution in [2.24, 2.45) is 0 Å². The zero-order valence-corrected chi connectivity index (χ0v) is 12.4. The summed E-state index contributed by atoms with van der Waals surface area (Å²) in [6.07, 6.45) is 0. The molecule has 0 aliphatic heterocycles. The molecule has 6 heteroatoms. The van der Waals surface area contributed by atoms with Crippen LogP contribution >= 0.6 is 0 Å². The van der Waals surface area contributed by atoms with Crippen molar-refractivity contribution < 1.29 is 18.3 Å². The molecule has 1 N–H and O–H groups in total. The number of sulfonamides is 1. The molecule has 0 aliphatic carbocycles. The van der Waals surface area contributed by atoms with Gasteiger partial charge < -0.3 is 9.90 Å². The second-order valence-electron chi connectivity index (χ2n) is 4.67. The minimum atomic E-state index is -3.85. The molecule has 0 bridgehead atoms. The number of benzene rings is 2. The Hall–Kier alpha value is -2.34. The first-order valence-electron chi connectivity index (χ1n) is 6.22. The van der Waals surface area contributed by atoms with Crippen LogP contribution in [0.3, 0.4) is 0 Å². The van der Waals surface area contributed by atoms with Crippen molar-refractivity contribution in [2.45, 2.75) is 18.7 Å². The van der Waals surface area contributed by atoms with E-state index in [4.69, 9.17) is 0 Å². The van der Waals surface area contributed by atoms with Gasteiger partial charge in [0.15, 0.2) is 0 Å². The maximum Gasteiger partial charge on any atom is 0.261 e. The average molecular weight is 304 g/mol. The Morgan fingerprint density at radius 2 is 1.76 bits per heavy atom. The first-order valence-corrected chi connectivity index (χ1v) is 7.70. The van der Waals surface area contributed by atoms with Crippen LogP contribution in [-0.4, -0.2) is 14.4 Å². The largest absolute Gasteiger partial charge is 0.545 e. The predicted molar refractivity (Wildman–Crippen MR) is 77.5 cm³/mol. The molecule has 2 aromatic rings. The zero-order valence-electron chi connectivity index (χ0n) is 11.6. The van der Waals surface area contributed by atoms with Crippen LogP contribution in [0, 0.1) is 13.8 Å². The Morgan fingerprint density at radius 3 is 2.43 bits per heavy atom. The van der Waals surface area contributed by atoms with E-state index in [0.29, 0.717) is 5.69 Å². The van der Waals surface area contributed by atoms with E-state index in [1.807, 2.05) is 19.9 Å². The number of aromatic carboxylic acids is 1. The van der Waals surface area contributed by atoms with Crippen LogP contribution in [-0.2, 0) is 10.0 Å². The molecule has 0 atom stereocenters. The third-order valence-corrected chi connectivity index (χ3v) is 4.59. The summed E-state index contributed by atoms with van der Waals surface area (Å²) in [6.45, 7) is 3.69. The van der Waals surface area contributed by atoms with E-state index in [0.717, 1.165) is 17.2 Å². The molecule has 0 saturated carbocycles. The number of nitrogens with one attached hydrogen (secondary N) is 1. The molecule has 0 aromatic heterocycles. The van der Waals surface area contributed by atoms with Gasteiger partial charge in [-0.3, -0.25) is 4.72 Å². The SMILES string of the molecule is Cc1cccc(NS(=O)(=O)c2cccc(C(=O)[O-])c2)c1C. The van der Waals surface area contributed by atoms with Gasteiger partial charge in [-0.25, -0.2) is 8.42 Å². The Labute approximate surface area is 123 Å². The highest BCUT2D eigenvalue weighted by molar-refractivity contribution is 7.92. The number of anilines is 1. The van der Waals surface area contributed by atoms with Gasteiger partial charge in [0.2, 0.25) is 0 Å². The van der Waals surface area contributed by atoms with Crippen molar-refractivity contribution in [3.05, 3.63) is 59.2 Å². The minimum Gasteiger partial charge on any atom is -0.545 e. The van der Waals surface area contributed by atoms with E-state index >= 15 is 0 Å². The summed E-state index contributed by atoms with van der Waals surface area (Å²) < 4.78 is 27.1. The van der Waals surface area contributed by atoms with Crippen molar-refractivity contribution in [3.63, 3.8) is 0 Å². The van der Waals surface area contributed by atoms with Crippen molar-refractivity contribution in [3.8, 4) is 0 Å². The molecule has 2 aromatic carbocycles. The summed E-state index contributed by atoms with van der Waals surface area (Å²) in [5, 5.41) is 10.8. The summed E-state index contributed by atoms with van der Waals surface area (Å²) in [6, 6.07) is 10.3. The second-order valence-corrected chi connectivity index (χ2v) is 6.35. The highest BCUT2D eigenvalue weighted by Gasteiger charge is 2.16. The summed E-state index contributed by atoms with van der Waals surface area (Å²) in [5.41, 5.74) is 2.06. The Balaban J connectivity index is 2.41. The highest BCUT2D eigenvalue weighted by Crippen LogP contribution is 2.22. The fraction of sp³-hybridized carbons (Fsp3) is 0.133. The second kappa shape index (κ2) is 5.57. The minimum absolute atomic E-state index is 0.120. The van der Waals surface area contributed by atoms with Crippen LogP contribution in [0.15, 0.2) is 47.4 Å². The van der Waals surface area contributed by atoms with Gasteiger partial charge in [-0.15, -0.1) is 0 Å². The summed E-state index contributed by atoms with van der Waals surface area (Å²) in [4.78, 5) is 10.7. The van der Waals surface area contributed by atoms with Gasteiger partial charge in [0.1, 0.15) is 0 Å². The lowest BCUT2D eigenvalue weighted by Crippen LogP contribution is -2.23. The lowest BCUT2D eigenvalue weighted by molar-refractivity contribution is -0.255. The number of hydrogen-bond acceptors (Lipinski definition) is 4. The van der Waals surface area contributed by atoms with Crippen molar-refractivity contribution in [2.75, 3.05) is 4.72 Å². The average Bonchev–Trinajstić information content (AvgIpc) is 2.44. The molecule has 0 heterocycles. The fourth-order valence-electron chi connectivity index (χ4n) is 1.86. The Bertz CT molecular complexity index is 797. The van der Waals surface area contributed by atoms with Crippen LogP contribution in [0.5, 0.6) is 0 Å². The van der Waals surface area contributed by atoms with Gasteiger partial charge in [-0.05, 0) is 48.7 Å². The van der Waals surface area contributed by atoms with Crippen LogP contribution in [0.25, 0.3) is 0 Å². The summed E-state index contributed by atoms with van der Waals surface area (Å²) >= 11 is 0. The molecule has 110 valence electrons. The lowest BCUT2D eigenvalue weighted by atomic mass is 10.1. The monoisotopic (exact) mass is 304 g/mol. The molecule has 0 saturated heterocycles. The number of rotatable bonds is 4. The van der Waals surface area contributed by atoms with E-state index in [1.165, 1.54) is 18.2 Å². The predicted octanol–water partition coefficient (Wildman–Crippen LogP) is 1.47. The Morgan fingerprint density at radius 1 is 1.10 bits per heavy atom. The normalized spacial score (nSPS) is 11.1. The first kappa shape index (κ1) is 15.1. The van der Waals surface area contributed by atoms with E-state index in [9.17, 15) is 18.3 Å². The molecule has 0 amide bonds. The molecule has 2 rings (SSSR count). The topological polar surface area (TPSA) is 86.3 Å². The number of carbonyl (C=O) groups excluding carboxylic acids is 1. The van der Waals surface area contributed by atoms with Crippen LogP contribution < -0.4 is 9.83 Å². The van der Waals surface area contributed by atoms with Crippen LogP contribution in [0.1, 0.15) is 21.5 Å². The van der Waals surface area contributed by atoms with Gasteiger partial charge in [-0.1, -0.05) is 24.3 Å². The number of aryl methyl sites for hydroxylation is 1. The van der Waals surface area contributed by atoms with Gasteiger partial charge in [0.25, 0.3) is 10.0 Å².